The molecule has 2 rings (SSSR count). The van der Waals surface area contributed by atoms with Crippen LogP contribution >= 0.6 is 0 Å². The third kappa shape index (κ3) is 2.52. The van der Waals surface area contributed by atoms with Gasteiger partial charge in [-0.1, -0.05) is 0 Å². The van der Waals surface area contributed by atoms with Gasteiger partial charge < -0.3 is 21.4 Å². The second-order valence-electron chi connectivity index (χ2n) is 4.09. The van der Waals surface area contributed by atoms with Gasteiger partial charge in [-0.05, 0) is 31.8 Å². The predicted molar refractivity (Wildman–Crippen MR) is 63.4 cm³/mol. The molecule has 1 fully saturated rings. The van der Waals surface area contributed by atoms with E-state index >= 15 is 0 Å². The van der Waals surface area contributed by atoms with Gasteiger partial charge in [-0.25, -0.2) is 4.98 Å². The summed E-state index contributed by atoms with van der Waals surface area (Å²) in [6.07, 6.45) is 3.76. The highest BCUT2D eigenvalue weighted by atomic mass is 16.1. The molecular weight excluding hydrogens is 206 g/mol. The molecule has 1 aliphatic heterocycles. The van der Waals surface area contributed by atoms with E-state index in [1.54, 1.807) is 0 Å². The van der Waals surface area contributed by atoms with Gasteiger partial charge in [-0.3, -0.25) is 4.79 Å². The minimum Gasteiger partial charge on any atom is -0.391 e. The van der Waals surface area contributed by atoms with E-state index in [0.29, 0.717) is 11.7 Å². The topological polar surface area (TPSA) is 95.8 Å². The number of piperidine rings is 1. The highest BCUT2D eigenvalue weighted by Crippen LogP contribution is 2.13. The third-order valence-corrected chi connectivity index (χ3v) is 2.85. The van der Waals surface area contributed by atoms with Gasteiger partial charge in [0.05, 0.1) is 6.33 Å². The normalized spacial score (nSPS) is 20.6. The van der Waals surface area contributed by atoms with Crippen LogP contribution in [0.3, 0.4) is 0 Å². The summed E-state index contributed by atoms with van der Waals surface area (Å²) in [6.45, 7) is 2.91. The first kappa shape index (κ1) is 10.9. The lowest BCUT2D eigenvalue weighted by molar-refractivity contribution is 0.392. The number of nitrogen functional groups attached to an aromatic ring is 1. The number of hydrogen-bond donors (Lipinski definition) is 4. The Hall–Kier alpha value is -1.56. The molecule has 2 heterocycles. The maximum atomic E-state index is 11.2. The molecule has 0 spiro atoms. The summed E-state index contributed by atoms with van der Waals surface area (Å²) in [6, 6.07) is 0. The number of nitrogens with two attached hydrogens (primary N) is 1. The van der Waals surface area contributed by atoms with Crippen molar-refractivity contribution in [2.24, 2.45) is 5.92 Å². The molecule has 1 aromatic heterocycles. The van der Waals surface area contributed by atoms with Crippen LogP contribution in [0.2, 0.25) is 0 Å². The van der Waals surface area contributed by atoms with Crippen molar-refractivity contribution in [3.8, 4) is 0 Å². The number of nitrogens with zero attached hydrogens (tertiary/aromatic N) is 1. The molecule has 5 N–H and O–H groups in total. The minimum absolute atomic E-state index is 0.159. The zero-order valence-electron chi connectivity index (χ0n) is 9.12. The molecule has 0 aromatic carbocycles. The van der Waals surface area contributed by atoms with E-state index in [2.05, 4.69) is 20.6 Å². The van der Waals surface area contributed by atoms with Crippen LogP contribution < -0.4 is 21.9 Å². The lowest BCUT2D eigenvalue weighted by Crippen LogP contribution is -2.34. The van der Waals surface area contributed by atoms with E-state index in [0.717, 1.165) is 19.6 Å². The average Bonchev–Trinajstić information content (AvgIpc) is 2.32. The maximum Gasteiger partial charge on any atom is 0.276 e. The molecule has 0 bridgehead atoms. The largest absolute Gasteiger partial charge is 0.391 e. The monoisotopic (exact) mass is 223 g/mol. The average molecular weight is 223 g/mol. The Morgan fingerprint density at radius 1 is 1.62 bits per heavy atom. The Morgan fingerprint density at radius 3 is 3.25 bits per heavy atom. The first-order valence-electron chi connectivity index (χ1n) is 5.55. The van der Waals surface area contributed by atoms with E-state index in [9.17, 15) is 4.79 Å². The van der Waals surface area contributed by atoms with Crippen LogP contribution in [0.25, 0.3) is 0 Å². The Kier molecular flexibility index (Phi) is 3.40. The fourth-order valence-electron chi connectivity index (χ4n) is 1.89. The third-order valence-electron chi connectivity index (χ3n) is 2.85. The zero-order chi connectivity index (χ0) is 11.4. The van der Waals surface area contributed by atoms with Crippen molar-refractivity contribution in [1.82, 2.24) is 15.3 Å². The van der Waals surface area contributed by atoms with Crippen LogP contribution in [0.1, 0.15) is 12.8 Å². The number of anilines is 2. The van der Waals surface area contributed by atoms with E-state index in [1.165, 1.54) is 19.2 Å². The van der Waals surface area contributed by atoms with Gasteiger partial charge in [-0.2, -0.15) is 0 Å². The smallest absolute Gasteiger partial charge is 0.276 e. The van der Waals surface area contributed by atoms with Crippen molar-refractivity contribution in [3.05, 3.63) is 16.7 Å². The van der Waals surface area contributed by atoms with Crippen LogP contribution in [0.15, 0.2) is 11.1 Å². The number of rotatable bonds is 3. The van der Waals surface area contributed by atoms with E-state index in [-0.39, 0.29) is 11.2 Å². The summed E-state index contributed by atoms with van der Waals surface area (Å²) in [5, 5.41) is 6.46. The molecule has 0 radical (unpaired) electrons. The molecule has 6 heteroatoms. The van der Waals surface area contributed by atoms with Gasteiger partial charge in [-0.15, -0.1) is 0 Å². The number of H-pyrrole nitrogens is 1. The van der Waals surface area contributed by atoms with Crippen LogP contribution in [0, 0.1) is 5.92 Å². The van der Waals surface area contributed by atoms with Gasteiger partial charge >= 0.3 is 0 Å². The van der Waals surface area contributed by atoms with Gasteiger partial charge in [0.2, 0.25) is 0 Å². The highest BCUT2D eigenvalue weighted by Gasteiger charge is 2.13. The fourth-order valence-corrected chi connectivity index (χ4v) is 1.89. The quantitative estimate of drug-likeness (QED) is 0.567. The van der Waals surface area contributed by atoms with Crippen molar-refractivity contribution in [1.29, 1.82) is 0 Å². The molecule has 16 heavy (non-hydrogen) atoms. The molecule has 0 aliphatic carbocycles. The molecule has 6 nitrogen and oxygen atoms in total. The van der Waals surface area contributed by atoms with Crippen LogP contribution in [0.5, 0.6) is 0 Å². The molecule has 1 aromatic rings. The summed E-state index contributed by atoms with van der Waals surface area (Å²) in [5.74, 6) is 1.06. The molecular formula is C10H17N5O. The summed E-state index contributed by atoms with van der Waals surface area (Å²) in [7, 11) is 0. The fraction of sp³-hybridized carbons (Fsp3) is 0.600. The molecule has 0 amide bonds. The summed E-state index contributed by atoms with van der Waals surface area (Å²) < 4.78 is 0. The molecule has 88 valence electrons. The predicted octanol–water partition coefficient (Wildman–Crippen LogP) is -0.236. The summed E-state index contributed by atoms with van der Waals surface area (Å²) in [4.78, 5) is 17.7. The SMILES string of the molecule is Nc1c(NCC2CCCNC2)nc[nH]c1=O. The molecule has 0 saturated carbocycles. The molecule has 1 atom stereocenters. The van der Waals surface area contributed by atoms with Crippen LogP contribution in [-0.4, -0.2) is 29.6 Å². The lowest BCUT2D eigenvalue weighted by atomic mass is 10.00. The standard InChI is InChI=1S/C10H17N5O/c11-8-9(14-6-15-10(8)16)13-5-7-2-1-3-12-4-7/h6-7,12H,1-5,11H2,(H2,13,14,15,16). The Balaban J connectivity index is 1.93. The van der Waals surface area contributed by atoms with E-state index < -0.39 is 0 Å². The van der Waals surface area contributed by atoms with Crippen LogP contribution in [-0.2, 0) is 0 Å². The Morgan fingerprint density at radius 2 is 2.50 bits per heavy atom. The lowest BCUT2D eigenvalue weighted by Gasteiger charge is -2.23. The zero-order valence-corrected chi connectivity index (χ0v) is 9.12. The van der Waals surface area contributed by atoms with E-state index in [1.807, 2.05) is 0 Å². The van der Waals surface area contributed by atoms with E-state index in [4.69, 9.17) is 5.73 Å². The molecule has 1 unspecified atom stereocenters. The van der Waals surface area contributed by atoms with Gasteiger partial charge in [0, 0.05) is 6.54 Å². The second-order valence-corrected chi connectivity index (χ2v) is 4.09. The Labute approximate surface area is 93.7 Å². The maximum absolute atomic E-state index is 11.2. The Bertz CT molecular complexity index is 396. The molecule has 1 aliphatic rings. The number of aromatic nitrogens is 2. The van der Waals surface area contributed by atoms with Gasteiger partial charge in [0.1, 0.15) is 5.69 Å². The van der Waals surface area contributed by atoms with Crippen molar-refractivity contribution < 1.29 is 0 Å². The number of aromatic amines is 1. The van der Waals surface area contributed by atoms with Crippen molar-refractivity contribution in [2.75, 3.05) is 30.7 Å². The van der Waals surface area contributed by atoms with Gasteiger partial charge in [0.15, 0.2) is 5.82 Å². The first-order chi connectivity index (χ1) is 7.77. The molecule has 1 saturated heterocycles. The highest BCUT2D eigenvalue weighted by molar-refractivity contribution is 5.58. The number of nitrogens with one attached hydrogen (secondary N) is 3. The van der Waals surface area contributed by atoms with Crippen molar-refractivity contribution in [2.45, 2.75) is 12.8 Å². The minimum atomic E-state index is -0.292. The summed E-state index contributed by atoms with van der Waals surface area (Å²) >= 11 is 0. The second kappa shape index (κ2) is 4.98. The summed E-state index contributed by atoms with van der Waals surface area (Å²) in [5.41, 5.74) is 5.48. The van der Waals surface area contributed by atoms with Crippen molar-refractivity contribution >= 4 is 11.5 Å². The first-order valence-corrected chi connectivity index (χ1v) is 5.55. The van der Waals surface area contributed by atoms with Crippen LogP contribution in [0.4, 0.5) is 11.5 Å². The van der Waals surface area contributed by atoms with Gasteiger partial charge in [0.25, 0.3) is 5.56 Å². The number of hydrogen-bond acceptors (Lipinski definition) is 5. The van der Waals surface area contributed by atoms with Crippen molar-refractivity contribution in [3.63, 3.8) is 0 Å².